The summed E-state index contributed by atoms with van der Waals surface area (Å²) in [6.07, 6.45) is 12.8. The van der Waals surface area contributed by atoms with E-state index in [1.54, 1.807) is 19.5 Å². The molecule has 2 aliphatic rings. The Kier molecular flexibility index (Phi) is 10.9. The summed E-state index contributed by atoms with van der Waals surface area (Å²) in [5, 5.41) is 6.68. The van der Waals surface area contributed by atoms with Gasteiger partial charge in [0, 0.05) is 41.0 Å². The summed E-state index contributed by atoms with van der Waals surface area (Å²) in [5.41, 5.74) is 6.76. The van der Waals surface area contributed by atoms with E-state index in [1.165, 1.54) is 0 Å². The maximum absolute atomic E-state index is 6.70. The van der Waals surface area contributed by atoms with Gasteiger partial charge in [-0.05, 0) is 103 Å². The third-order valence-electron chi connectivity index (χ3n) is 8.95. The van der Waals surface area contributed by atoms with Crippen LogP contribution in [0.4, 0.5) is 23.3 Å². The molecule has 11 nitrogen and oxygen atoms in total. The highest BCUT2D eigenvalue weighted by molar-refractivity contribution is 5.67. The molecule has 276 valence electrons. The van der Waals surface area contributed by atoms with Crippen LogP contribution in [0.5, 0.6) is 23.0 Å². The van der Waals surface area contributed by atoms with E-state index in [4.69, 9.17) is 33.7 Å². The molecule has 2 aromatic heterocycles. The average molecular weight is 733 g/mol. The van der Waals surface area contributed by atoms with Gasteiger partial charge in [0.2, 0.25) is 11.9 Å². The number of hydrogen-bond acceptors (Lipinski definition) is 11. The van der Waals surface area contributed by atoms with E-state index < -0.39 is 6.10 Å². The molecule has 0 radical (unpaired) electrons. The normalized spacial score (nSPS) is 16.8. The first-order valence-corrected chi connectivity index (χ1v) is 18.2. The van der Waals surface area contributed by atoms with Gasteiger partial charge >= 0.3 is 0 Å². The third kappa shape index (κ3) is 9.09. The molecule has 12 bridgehead atoms. The lowest BCUT2D eigenvalue weighted by Gasteiger charge is -2.19. The maximum Gasteiger partial charge on any atom is 0.227 e. The van der Waals surface area contributed by atoms with Gasteiger partial charge in [0.25, 0.3) is 0 Å². The zero-order valence-electron chi connectivity index (χ0n) is 30.4. The SMILES string of the molecule is COc1ccc2cc1OC/C=C/C(c1cc3cc(c1)-c1ccnc(n1)Nc1cccc(c1)OCC/C=C\CCO3)OCc1cccc(c1)Nc1nccc-2n1. The summed E-state index contributed by atoms with van der Waals surface area (Å²) >= 11 is 0. The summed E-state index contributed by atoms with van der Waals surface area (Å²) < 4.78 is 30.9. The van der Waals surface area contributed by atoms with E-state index in [0.29, 0.717) is 49.0 Å². The van der Waals surface area contributed by atoms with E-state index in [9.17, 15) is 0 Å². The quantitative estimate of drug-likeness (QED) is 0.166. The van der Waals surface area contributed by atoms with Crippen LogP contribution in [0.25, 0.3) is 22.5 Å². The van der Waals surface area contributed by atoms with E-state index in [0.717, 1.165) is 63.6 Å². The highest BCUT2D eigenvalue weighted by Crippen LogP contribution is 2.34. The zero-order chi connectivity index (χ0) is 37.2. The monoisotopic (exact) mass is 732 g/mol. The number of aromatic nitrogens is 4. The Morgan fingerprint density at radius 3 is 2.16 bits per heavy atom. The van der Waals surface area contributed by atoms with Crippen LogP contribution in [-0.4, -0.2) is 46.9 Å². The minimum absolute atomic E-state index is 0.272. The maximum atomic E-state index is 6.70. The van der Waals surface area contributed by atoms with Crippen LogP contribution in [0.1, 0.15) is 30.1 Å². The largest absolute Gasteiger partial charge is 0.493 e. The summed E-state index contributed by atoms with van der Waals surface area (Å²) in [6.45, 7) is 1.67. The van der Waals surface area contributed by atoms with Crippen molar-refractivity contribution in [2.75, 3.05) is 37.6 Å². The van der Waals surface area contributed by atoms with E-state index in [1.807, 2.05) is 103 Å². The first kappa shape index (κ1) is 35.3. The van der Waals surface area contributed by atoms with E-state index in [2.05, 4.69) is 38.8 Å². The molecular weight excluding hydrogens is 693 g/mol. The number of fused-ring (bicyclic) bond motifs is 14. The van der Waals surface area contributed by atoms with Crippen LogP contribution in [0.15, 0.2) is 134 Å². The Labute approximate surface area is 319 Å². The standard InChI is InChI=1S/C44H40N6O5/c1-51-41-15-14-31-27-42(41)54-22-8-13-40(55-29-30-9-6-10-34(23-30)47-43-45-18-16-38(31)49-43)33-24-32-25-37(26-33)53-21-5-3-2-4-20-52-36-12-7-11-35(28-36)48-44-46-19-17-39(32)50-44/h2-3,6-19,23-28,40H,4-5,20-22,29H2,1H3,(H,45,47,49)(H,46,48,50)/b3-2-,13-8+. The number of anilines is 4. The number of nitrogens with one attached hydrogen (secondary N) is 2. The fraction of sp³-hybridized carbons (Fsp3) is 0.182. The lowest BCUT2D eigenvalue weighted by molar-refractivity contribution is 0.0713. The van der Waals surface area contributed by atoms with Crippen LogP contribution in [0.2, 0.25) is 0 Å². The van der Waals surface area contributed by atoms with Gasteiger partial charge in [-0.2, -0.15) is 0 Å². The lowest BCUT2D eigenvalue weighted by Crippen LogP contribution is -2.06. The molecule has 0 aliphatic carbocycles. The topological polar surface area (TPSA) is 122 Å². The number of nitrogens with zero attached hydrogens (tertiary/aromatic N) is 4. The number of hydrogen-bond donors (Lipinski definition) is 2. The highest BCUT2D eigenvalue weighted by atomic mass is 16.5. The van der Waals surface area contributed by atoms with E-state index >= 15 is 0 Å². The summed E-state index contributed by atoms with van der Waals surface area (Å²) in [6, 6.07) is 31.5. The molecule has 2 N–H and O–H groups in total. The highest BCUT2D eigenvalue weighted by Gasteiger charge is 2.16. The molecule has 2 aliphatic heterocycles. The predicted molar refractivity (Wildman–Crippen MR) is 212 cm³/mol. The molecule has 6 aromatic rings. The van der Waals surface area contributed by atoms with Crippen molar-refractivity contribution in [3.05, 3.63) is 145 Å². The Balaban J connectivity index is 1.15. The summed E-state index contributed by atoms with van der Waals surface area (Å²) in [5.74, 6) is 3.64. The molecule has 11 heteroatoms. The minimum atomic E-state index is -0.468. The van der Waals surface area contributed by atoms with Crippen molar-refractivity contribution in [1.29, 1.82) is 0 Å². The van der Waals surface area contributed by atoms with Crippen LogP contribution in [0.3, 0.4) is 0 Å². The molecule has 8 rings (SSSR count). The molecule has 1 atom stereocenters. The van der Waals surface area contributed by atoms with Crippen LogP contribution in [0, 0.1) is 0 Å². The molecule has 0 fully saturated rings. The molecule has 0 amide bonds. The number of rotatable bonds is 2. The van der Waals surface area contributed by atoms with Gasteiger partial charge in [0.1, 0.15) is 24.2 Å². The van der Waals surface area contributed by atoms with Crippen molar-refractivity contribution >= 4 is 23.3 Å². The minimum Gasteiger partial charge on any atom is -0.493 e. The second kappa shape index (κ2) is 17.0. The van der Waals surface area contributed by atoms with Gasteiger partial charge in [-0.15, -0.1) is 0 Å². The first-order chi connectivity index (χ1) is 27.1. The Morgan fingerprint density at radius 2 is 1.38 bits per heavy atom. The van der Waals surface area contributed by atoms with Crippen molar-refractivity contribution in [2.45, 2.75) is 25.6 Å². The van der Waals surface area contributed by atoms with Gasteiger partial charge in [-0.1, -0.05) is 36.4 Å². The van der Waals surface area contributed by atoms with Crippen molar-refractivity contribution in [2.24, 2.45) is 0 Å². The second-order valence-electron chi connectivity index (χ2n) is 12.9. The van der Waals surface area contributed by atoms with Crippen LogP contribution in [-0.2, 0) is 11.3 Å². The van der Waals surface area contributed by atoms with Crippen LogP contribution < -0.4 is 29.6 Å². The van der Waals surface area contributed by atoms with Gasteiger partial charge in [0.05, 0.1) is 38.3 Å². The summed E-state index contributed by atoms with van der Waals surface area (Å²) in [7, 11) is 1.63. The molecule has 0 spiro atoms. The number of methoxy groups -OCH3 is 1. The van der Waals surface area contributed by atoms with Gasteiger partial charge in [-0.3, -0.25) is 0 Å². The van der Waals surface area contributed by atoms with Crippen molar-refractivity contribution in [3.63, 3.8) is 0 Å². The van der Waals surface area contributed by atoms with Gasteiger partial charge in [0.15, 0.2) is 11.5 Å². The molecule has 0 saturated heterocycles. The molecule has 4 heterocycles. The smallest absolute Gasteiger partial charge is 0.227 e. The van der Waals surface area contributed by atoms with Crippen molar-refractivity contribution < 1.29 is 23.7 Å². The van der Waals surface area contributed by atoms with Gasteiger partial charge in [-0.25, -0.2) is 19.9 Å². The Hall–Kier alpha value is -6.72. The average Bonchev–Trinajstić information content (AvgIpc) is 3.21. The Bertz CT molecular complexity index is 2330. The van der Waals surface area contributed by atoms with Crippen LogP contribution >= 0.6 is 0 Å². The summed E-state index contributed by atoms with van der Waals surface area (Å²) in [4.78, 5) is 18.6. The van der Waals surface area contributed by atoms with E-state index in [-0.39, 0.29) is 6.61 Å². The zero-order valence-corrected chi connectivity index (χ0v) is 30.4. The molecular formula is C44H40N6O5. The molecule has 4 aromatic carbocycles. The fourth-order valence-corrected chi connectivity index (χ4v) is 6.28. The lowest BCUT2D eigenvalue weighted by atomic mass is 10.0. The molecule has 55 heavy (non-hydrogen) atoms. The first-order valence-electron chi connectivity index (χ1n) is 18.2. The third-order valence-corrected chi connectivity index (χ3v) is 8.95. The van der Waals surface area contributed by atoms with Gasteiger partial charge < -0.3 is 34.3 Å². The second-order valence-corrected chi connectivity index (χ2v) is 12.9. The predicted octanol–water partition coefficient (Wildman–Crippen LogP) is 9.41. The fourth-order valence-electron chi connectivity index (χ4n) is 6.28. The van der Waals surface area contributed by atoms with Crippen molar-refractivity contribution in [3.8, 4) is 45.5 Å². The molecule has 0 saturated carbocycles. The Morgan fingerprint density at radius 1 is 0.655 bits per heavy atom. The number of benzene rings is 4. The molecule has 1 unspecified atom stereocenters. The van der Waals surface area contributed by atoms with Crippen molar-refractivity contribution in [1.82, 2.24) is 19.9 Å². The number of ether oxygens (including phenoxy) is 5.